The lowest BCUT2D eigenvalue weighted by atomic mass is 10.00. The summed E-state index contributed by atoms with van der Waals surface area (Å²) in [6.07, 6.45) is 5.83. The Kier molecular flexibility index (Phi) is 2.11. The first-order valence-electron chi connectivity index (χ1n) is 7.22. The Morgan fingerprint density at radius 3 is 2.47 bits per heavy atom. The van der Waals surface area contributed by atoms with Crippen molar-refractivity contribution in [2.75, 3.05) is 13.1 Å². The molecule has 17 heavy (non-hydrogen) atoms. The van der Waals surface area contributed by atoms with Crippen LogP contribution in [0.1, 0.15) is 32.1 Å². The van der Waals surface area contributed by atoms with Crippen molar-refractivity contribution in [3.63, 3.8) is 0 Å². The average molecular weight is 235 g/mol. The van der Waals surface area contributed by atoms with Crippen LogP contribution in [0.4, 0.5) is 0 Å². The van der Waals surface area contributed by atoms with E-state index in [1.165, 1.54) is 19.3 Å². The van der Waals surface area contributed by atoms with Crippen LogP contribution in [0.3, 0.4) is 0 Å². The molecule has 5 atom stereocenters. The Labute approximate surface area is 102 Å². The van der Waals surface area contributed by atoms with Gasteiger partial charge >= 0.3 is 0 Å². The second-order valence-corrected chi connectivity index (χ2v) is 6.60. The topological polar surface area (TPSA) is 40.5 Å². The third-order valence-electron chi connectivity index (χ3n) is 5.82. The van der Waals surface area contributed by atoms with Gasteiger partial charge in [-0.25, -0.2) is 0 Å². The lowest BCUT2D eigenvalue weighted by molar-refractivity contribution is -0.132. The third kappa shape index (κ3) is 1.41. The van der Waals surface area contributed by atoms with Crippen molar-refractivity contribution >= 4 is 5.91 Å². The minimum Gasteiger partial charge on any atom is -0.393 e. The van der Waals surface area contributed by atoms with Crippen molar-refractivity contribution in [3.8, 4) is 0 Å². The molecule has 1 heterocycles. The first-order chi connectivity index (χ1) is 8.25. The molecule has 3 aliphatic carbocycles. The molecule has 4 rings (SSSR count). The van der Waals surface area contributed by atoms with E-state index in [0.717, 1.165) is 37.8 Å². The van der Waals surface area contributed by atoms with E-state index < -0.39 is 0 Å². The second-order valence-electron chi connectivity index (χ2n) is 6.60. The number of amides is 1. The second kappa shape index (κ2) is 3.47. The van der Waals surface area contributed by atoms with E-state index in [2.05, 4.69) is 4.90 Å². The molecule has 0 aromatic heterocycles. The number of likely N-dealkylation sites (tertiary alicyclic amines) is 1. The Balaban J connectivity index is 1.42. The highest BCUT2D eigenvalue weighted by Crippen LogP contribution is 2.58. The smallest absolute Gasteiger partial charge is 0.226 e. The molecule has 4 aliphatic rings. The monoisotopic (exact) mass is 235 g/mol. The molecule has 0 bridgehead atoms. The molecule has 1 saturated heterocycles. The molecule has 1 aliphatic heterocycles. The Bertz CT molecular complexity index is 346. The zero-order valence-electron chi connectivity index (χ0n) is 10.2. The lowest BCUT2D eigenvalue weighted by Gasteiger charge is -2.19. The van der Waals surface area contributed by atoms with Crippen molar-refractivity contribution in [1.82, 2.24) is 4.90 Å². The molecular formula is C14H21NO2. The van der Waals surface area contributed by atoms with E-state index >= 15 is 0 Å². The molecule has 1 amide bonds. The number of aliphatic hydroxyl groups is 1. The number of rotatable bonds is 1. The van der Waals surface area contributed by atoms with Gasteiger partial charge in [-0.05, 0) is 43.4 Å². The Morgan fingerprint density at radius 2 is 1.76 bits per heavy atom. The van der Waals surface area contributed by atoms with E-state index in [0.29, 0.717) is 23.7 Å². The fourth-order valence-corrected chi connectivity index (χ4v) is 4.82. The fraction of sp³-hybridized carbons (Fsp3) is 0.929. The highest BCUT2D eigenvalue weighted by atomic mass is 16.3. The highest BCUT2D eigenvalue weighted by molar-refractivity contribution is 5.83. The van der Waals surface area contributed by atoms with Gasteiger partial charge in [-0.3, -0.25) is 4.79 Å². The van der Waals surface area contributed by atoms with E-state index in [1.807, 2.05) is 0 Å². The lowest BCUT2D eigenvalue weighted by Crippen LogP contribution is -2.33. The summed E-state index contributed by atoms with van der Waals surface area (Å²) < 4.78 is 0. The molecule has 5 unspecified atom stereocenters. The van der Waals surface area contributed by atoms with Gasteiger partial charge < -0.3 is 10.0 Å². The van der Waals surface area contributed by atoms with Crippen LogP contribution < -0.4 is 0 Å². The summed E-state index contributed by atoms with van der Waals surface area (Å²) in [7, 11) is 0. The summed E-state index contributed by atoms with van der Waals surface area (Å²) in [4.78, 5) is 14.5. The van der Waals surface area contributed by atoms with Gasteiger partial charge in [0.1, 0.15) is 0 Å². The van der Waals surface area contributed by atoms with Crippen LogP contribution in [0, 0.1) is 29.6 Å². The zero-order chi connectivity index (χ0) is 11.6. The van der Waals surface area contributed by atoms with Crippen molar-refractivity contribution in [1.29, 1.82) is 0 Å². The van der Waals surface area contributed by atoms with Crippen LogP contribution in [0.15, 0.2) is 0 Å². The van der Waals surface area contributed by atoms with E-state index in [-0.39, 0.29) is 6.10 Å². The van der Waals surface area contributed by atoms with Gasteiger partial charge in [0.25, 0.3) is 0 Å². The number of carbonyl (C=O) groups is 1. The van der Waals surface area contributed by atoms with Gasteiger partial charge in [-0.2, -0.15) is 0 Å². The van der Waals surface area contributed by atoms with Crippen LogP contribution >= 0.6 is 0 Å². The fourth-order valence-electron chi connectivity index (χ4n) is 4.82. The molecule has 3 heteroatoms. The first-order valence-corrected chi connectivity index (χ1v) is 7.22. The van der Waals surface area contributed by atoms with Gasteiger partial charge in [0.05, 0.1) is 6.10 Å². The van der Waals surface area contributed by atoms with Gasteiger partial charge in [-0.15, -0.1) is 0 Å². The van der Waals surface area contributed by atoms with Crippen LogP contribution in [-0.4, -0.2) is 35.1 Å². The van der Waals surface area contributed by atoms with Crippen LogP contribution in [0.25, 0.3) is 0 Å². The van der Waals surface area contributed by atoms with Gasteiger partial charge in [-0.1, -0.05) is 6.42 Å². The summed E-state index contributed by atoms with van der Waals surface area (Å²) >= 11 is 0. The van der Waals surface area contributed by atoms with Gasteiger partial charge in [0.15, 0.2) is 0 Å². The van der Waals surface area contributed by atoms with Gasteiger partial charge in [0.2, 0.25) is 5.91 Å². The van der Waals surface area contributed by atoms with E-state index in [9.17, 15) is 9.90 Å². The molecular weight excluding hydrogens is 214 g/mol. The Morgan fingerprint density at radius 1 is 1.00 bits per heavy atom. The van der Waals surface area contributed by atoms with Gasteiger partial charge in [0, 0.05) is 24.9 Å². The zero-order valence-corrected chi connectivity index (χ0v) is 10.2. The number of fused-ring (bicyclic) bond motifs is 2. The Hall–Kier alpha value is -0.570. The predicted octanol–water partition coefficient (Wildman–Crippen LogP) is 1.26. The summed E-state index contributed by atoms with van der Waals surface area (Å²) in [5.41, 5.74) is 0. The molecule has 4 fully saturated rings. The third-order valence-corrected chi connectivity index (χ3v) is 5.82. The highest BCUT2D eigenvalue weighted by Gasteiger charge is 2.58. The summed E-state index contributed by atoms with van der Waals surface area (Å²) in [5.74, 6) is 3.23. The largest absolute Gasteiger partial charge is 0.393 e. The number of hydrogen-bond donors (Lipinski definition) is 1. The standard InChI is InChI=1S/C14H21NO2/c16-12-5-4-8-6-15(7-11(8)12)14(17)13-9-2-1-3-10(9)13/h8-13,16H,1-7H2. The quantitative estimate of drug-likeness (QED) is 0.743. The maximum Gasteiger partial charge on any atom is 0.226 e. The molecule has 0 aromatic rings. The van der Waals surface area contributed by atoms with Crippen LogP contribution in [0.2, 0.25) is 0 Å². The SMILES string of the molecule is O=C(C1C2CCCC21)N1CC2CCC(O)C2C1. The molecule has 94 valence electrons. The number of aliphatic hydroxyl groups excluding tert-OH is 1. The molecule has 0 radical (unpaired) electrons. The molecule has 0 spiro atoms. The van der Waals surface area contributed by atoms with Crippen molar-refractivity contribution < 1.29 is 9.90 Å². The van der Waals surface area contributed by atoms with E-state index in [1.54, 1.807) is 0 Å². The molecule has 1 N–H and O–H groups in total. The summed E-state index contributed by atoms with van der Waals surface area (Å²) in [6, 6.07) is 0. The number of hydrogen-bond acceptors (Lipinski definition) is 2. The predicted molar refractivity (Wildman–Crippen MR) is 63.1 cm³/mol. The maximum atomic E-state index is 12.4. The molecule has 0 aromatic carbocycles. The summed E-state index contributed by atoms with van der Waals surface area (Å²) in [5, 5.41) is 9.88. The molecule has 3 nitrogen and oxygen atoms in total. The van der Waals surface area contributed by atoms with E-state index in [4.69, 9.17) is 0 Å². The van der Waals surface area contributed by atoms with Crippen molar-refractivity contribution in [2.24, 2.45) is 29.6 Å². The van der Waals surface area contributed by atoms with Crippen molar-refractivity contribution in [2.45, 2.75) is 38.2 Å². The minimum absolute atomic E-state index is 0.142. The van der Waals surface area contributed by atoms with Crippen molar-refractivity contribution in [3.05, 3.63) is 0 Å². The first kappa shape index (κ1) is 10.4. The number of nitrogens with zero attached hydrogens (tertiary/aromatic N) is 1. The minimum atomic E-state index is -0.142. The van der Waals surface area contributed by atoms with Crippen LogP contribution in [0.5, 0.6) is 0 Å². The normalized spacial score (nSPS) is 51.5. The van der Waals surface area contributed by atoms with Crippen LogP contribution in [-0.2, 0) is 4.79 Å². The summed E-state index contributed by atoms with van der Waals surface area (Å²) in [6.45, 7) is 1.76. The average Bonchev–Trinajstić information content (AvgIpc) is 2.78. The maximum absolute atomic E-state index is 12.4. The number of carbonyl (C=O) groups excluding carboxylic acids is 1. The molecule has 3 saturated carbocycles.